The van der Waals surface area contributed by atoms with Gasteiger partial charge in [0.1, 0.15) is 11.6 Å². The Kier molecular flexibility index (Phi) is 2.77. The fourth-order valence-corrected chi connectivity index (χ4v) is 1.37. The molecule has 1 aliphatic rings. The number of carbonyl (C=O) groups excluding carboxylic acids is 1. The fourth-order valence-electron chi connectivity index (χ4n) is 1.37. The van der Waals surface area contributed by atoms with Gasteiger partial charge in [-0.2, -0.15) is 0 Å². The maximum absolute atomic E-state index is 13.3. The third-order valence-corrected chi connectivity index (χ3v) is 2.40. The van der Waals surface area contributed by atoms with Gasteiger partial charge < -0.3 is 10.1 Å². The maximum Gasteiger partial charge on any atom is 0.340 e. The number of benzene rings is 1. The van der Waals surface area contributed by atoms with Gasteiger partial charge >= 0.3 is 5.97 Å². The van der Waals surface area contributed by atoms with Crippen molar-refractivity contribution in [2.75, 3.05) is 12.4 Å². The average molecular weight is 227 g/mol. The summed E-state index contributed by atoms with van der Waals surface area (Å²) in [4.78, 5) is 11.2. The van der Waals surface area contributed by atoms with Gasteiger partial charge in [0.25, 0.3) is 0 Å². The van der Waals surface area contributed by atoms with Gasteiger partial charge in [-0.3, -0.25) is 0 Å². The Hall–Kier alpha value is -1.65. The molecule has 1 fully saturated rings. The van der Waals surface area contributed by atoms with Gasteiger partial charge in [0.05, 0.1) is 18.4 Å². The first kappa shape index (κ1) is 10.9. The summed E-state index contributed by atoms with van der Waals surface area (Å²) in [7, 11) is 1.15. The standard InChI is InChI=1S/C11H11F2NO2/c1-16-11(15)7-4-10(14-6-2-3-6)9(13)5-8(7)12/h4-6,14H,2-3H2,1H3. The highest BCUT2D eigenvalue weighted by atomic mass is 19.1. The van der Waals surface area contributed by atoms with E-state index in [1.807, 2.05) is 0 Å². The number of hydrogen-bond donors (Lipinski definition) is 1. The molecule has 0 spiro atoms. The van der Waals surface area contributed by atoms with Crippen LogP contribution in [0.25, 0.3) is 0 Å². The van der Waals surface area contributed by atoms with Crippen molar-refractivity contribution in [3.05, 3.63) is 29.3 Å². The van der Waals surface area contributed by atoms with Crippen LogP contribution in [-0.2, 0) is 4.74 Å². The molecule has 0 atom stereocenters. The summed E-state index contributed by atoms with van der Waals surface area (Å²) in [5.41, 5.74) is -0.114. The Morgan fingerprint density at radius 2 is 2.06 bits per heavy atom. The second kappa shape index (κ2) is 4.08. The molecule has 3 nitrogen and oxygen atoms in total. The van der Waals surface area contributed by atoms with E-state index in [9.17, 15) is 13.6 Å². The number of anilines is 1. The average Bonchev–Trinajstić information content (AvgIpc) is 3.05. The number of ether oxygens (including phenoxy) is 1. The number of methoxy groups -OCH3 is 1. The molecule has 0 heterocycles. The monoisotopic (exact) mass is 227 g/mol. The molecule has 1 N–H and O–H groups in total. The minimum absolute atomic E-state index is 0.143. The van der Waals surface area contributed by atoms with E-state index in [4.69, 9.17) is 0 Å². The lowest BCUT2D eigenvalue weighted by Crippen LogP contribution is -2.09. The van der Waals surface area contributed by atoms with Crippen molar-refractivity contribution in [3.63, 3.8) is 0 Å². The number of halogens is 2. The summed E-state index contributed by atoms with van der Waals surface area (Å²) in [6, 6.07) is 2.07. The summed E-state index contributed by atoms with van der Waals surface area (Å²) in [5, 5.41) is 2.88. The third kappa shape index (κ3) is 2.13. The molecule has 86 valence electrons. The van der Waals surface area contributed by atoms with E-state index >= 15 is 0 Å². The van der Waals surface area contributed by atoms with E-state index in [1.165, 1.54) is 0 Å². The zero-order valence-corrected chi connectivity index (χ0v) is 8.72. The first-order valence-electron chi connectivity index (χ1n) is 4.95. The molecule has 0 radical (unpaired) electrons. The number of carbonyl (C=O) groups is 1. The van der Waals surface area contributed by atoms with Gasteiger partial charge in [-0.25, -0.2) is 13.6 Å². The van der Waals surface area contributed by atoms with E-state index < -0.39 is 17.6 Å². The maximum atomic E-state index is 13.3. The number of hydrogen-bond acceptors (Lipinski definition) is 3. The molecule has 2 rings (SSSR count). The van der Waals surface area contributed by atoms with Crippen molar-refractivity contribution >= 4 is 11.7 Å². The summed E-state index contributed by atoms with van der Waals surface area (Å²) in [6.45, 7) is 0. The molecule has 0 aromatic heterocycles. The lowest BCUT2D eigenvalue weighted by Gasteiger charge is -2.08. The van der Waals surface area contributed by atoms with Crippen LogP contribution in [0.1, 0.15) is 23.2 Å². The predicted octanol–water partition coefficient (Wildman–Crippen LogP) is 2.33. The van der Waals surface area contributed by atoms with Crippen molar-refractivity contribution in [2.45, 2.75) is 18.9 Å². The first-order chi connectivity index (χ1) is 7.61. The zero-order valence-electron chi connectivity index (χ0n) is 8.72. The van der Waals surface area contributed by atoms with E-state index in [1.54, 1.807) is 0 Å². The summed E-state index contributed by atoms with van der Waals surface area (Å²) in [5.74, 6) is -2.42. The fraction of sp³-hybridized carbons (Fsp3) is 0.364. The second-order valence-corrected chi connectivity index (χ2v) is 3.72. The summed E-state index contributed by atoms with van der Waals surface area (Å²) >= 11 is 0. The quantitative estimate of drug-likeness (QED) is 0.805. The highest BCUT2D eigenvalue weighted by molar-refractivity contribution is 5.90. The van der Waals surface area contributed by atoms with Crippen molar-refractivity contribution in [3.8, 4) is 0 Å². The van der Waals surface area contributed by atoms with Crippen LogP contribution >= 0.6 is 0 Å². The Balaban J connectivity index is 2.33. The topological polar surface area (TPSA) is 38.3 Å². The Morgan fingerprint density at radius 3 is 2.62 bits per heavy atom. The Morgan fingerprint density at radius 1 is 1.38 bits per heavy atom. The van der Waals surface area contributed by atoms with Crippen molar-refractivity contribution < 1.29 is 18.3 Å². The van der Waals surface area contributed by atoms with Crippen LogP contribution in [0.3, 0.4) is 0 Å². The van der Waals surface area contributed by atoms with E-state index in [0.29, 0.717) is 6.07 Å². The molecule has 0 saturated heterocycles. The van der Waals surface area contributed by atoms with Gasteiger partial charge in [-0.15, -0.1) is 0 Å². The highest BCUT2D eigenvalue weighted by Gasteiger charge is 2.24. The van der Waals surface area contributed by atoms with Gasteiger partial charge in [-0.1, -0.05) is 0 Å². The number of esters is 1. The molecule has 1 aromatic rings. The normalized spacial score (nSPS) is 14.7. The molecule has 16 heavy (non-hydrogen) atoms. The summed E-state index contributed by atoms with van der Waals surface area (Å²) in [6.07, 6.45) is 1.93. The molecule has 0 aliphatic heterocycles. The van der Waals surface area contributed by atoms with Gasteiger partial charge in [0.2, 0.25) is 0 Å². The largest absolute Gasteiger partial charge is 0.465 e. The van der Waals surface area contributed by atoms with Gasteiger partial charge in [-0.05, 0) is 18.9 Å². The smallest absolute Gasteiger partial charge is 0.340 e. The molecule has 1 aliphatic carbocycles. The third-order valence-electron chi connectivity index (χ3n) is 2.40. The van der Waals surface area contributed by atoms with Crippen LogP contribution < -0.4 is 5.32 Å². The SMILES string of the molecule is COC(=O)c1cc(NC2CC2)c(F)cc1F. The van der Waals surface area contributed by atoms with Crippen LogP contribution in [0.2, 0.25) is 0 Å². The van der Waals surface area contributed by atoms with Crippen molar-refractivity contribution in [1.29, 1.82) is 0 Å². The first-order valence-corrected chi connectivity index (χ1v) is 4.95. The van der Waals surface area contributed by atoms with Gasteiger partial charge in [0, 0.05) is 12.1 Å². The Labute approximate surface area is 91.4 Å². The molecule has 0 bridgehead atoms. The molecule has 1 aromatic carbocycles. The number of nitrogens with one attached hydrogen (secondary N) is 1. The highest BCUT2D eigenvalue weighted by Crippen LogP contribution is 2.28. The molecule has 5 heteroatoms. The van der Waals surface area contributed by atoms with E-state index in [0.717, 1.165) is 26.0 Å². The van der Waals surface area contributed by atoms with Crippen LogP contribution in [0.4, 0.5) is 14.5 Å². The molecular weight excluding hydrogens is 216 g/mol. The van der Waals surface area contributed by atoms with Crippen molar-refractivity contribution in [1.82, 2.24) is 0 Å². The van der Waals surface area contributed by atoms with Gasteiger partial charge in [0.15, 0.2) is 0 Å². The number of rotatable bonds is 3. The molecule has 0 unspecified atom stereocenters. The van der Waals surface area contributed by atoms with Crippen LogP contribution in [0.5, 0.6) is 0 Å². The molecule has 1 saturated carbocycles. The second-order valence-electron chi connectivity index (χ2n) is 3.72. The molecule has 0 amide bonds. The minimum Gasteiger partial charge on any atom is -0.465 e. The van der Waals surface area contributed by atoms with Crippen LogP contribution in [-0.4, -0.2) is 19.1 Å². The molecular formula is C11H11F2NO2. The van der Waals surface area contributed by atoms with Crippen LogP contribution in [0.15, 0.2) is 12.1 Å². The van der Waals surface area contributed by atoms with E-state index in [-0.39, 0.29) is 17.3 Å². The zero-order chi connectivity index (χ0) is 11.7. The van der Waals surface area contributed by atoms with E-state index in [2.05, 4.69) is 10.1 Å². The Bertz CT molecular complexity index is 430. The van der Waals surface area contributed by atoms with Crippen LogP contribution in [0, 0.1) is 11.6 Å². The van der Waals surface area contributed by atoms with Crippen molar-refractivity contribution in [2.24, 2.45) is 0 Å². The predicted molar refractivity (Wildman–Crippen MR) is 54.3 cm³/mol. The lowest BCUT2D eigenvalue weighted by molar-refractivity contribution is 0.0595. The minimum atomic E-state index is -0.911. The lowest BCUT2D eigenvalue weighted by atomic mass is 10.1. The summed E-state index contributed by atoms with van der Waals surface area (Å²) < 4.78 is 31.0.